The van der Waals surface area contributed by atoms with Crippen molar-refractivity contribution in [2.45, 2.75) is 18.8 Å². The highest BCUT2D eigenvalue weighted by molar-refractivity contribution is 5.74. The molecule has 0 aliphatic carbocycles. The molecule has 0 aromatic heterocycles. The highest BCUT2D eigenvalue weighted by Crippen LogP contribution is 2.31. The van der Waals surface area contributed by atoms with Gasteiger partial charge in [-0.3, -0.25) is 4.79 Å². The van der Waals surface area contributed by atoms with E-state index in [9.17, 15) is 31.1 Å². The first-order valence-electron chi connectivity index (χ1n) is 4.65. The number of halogens is 6. The number of carbonyl (C=O) groups excluding carboxylic acids is 1. The summed E-state index contributed by atoms with van der Waals surface area (Å²) in [5.74, 6) is -0.621. The molecule has 0 fully saturated rings. The van der Waals surface area contributed by atoms with Crippen LogP contribution in [0.2, 0.25) is 0 Å². The molecule has 1 rings (SSSR count). The van der Waals surface area contributed by atoms with Crippen LogP contribution in [0.1, 0.15) is 10.4 Å². The van der Waals surface area contributed by atoms with Gasteiger partial charge < -0.3 is 4.74 Å². The van der Waals surface area contributed by atoms with Gasteiger partial charge in [0.15, 0.2) is 0 Å². The first-order valence-corrected chi connectivity index (χ1v) is 4.65. The second-order valence-electron chi connectivity index (χ2n) is 3.23. The van der Waals surface area contributed by atoms with Gasteiger partial charge in [-0.1, -0.05) is 0 Å². The van der Waals surface area contributed by atoms with Crippen molar-refractivity contribution >= 4 is 6.29 Å². The lowest BCUT2D eigenvalue weighted by molar-refractivity contribution is -0.411. The van der Waals surface area contributed by atoms with Gasteiger partial charge in [0.25, 0.3) is 0 Å². The maximum absolute atomic E-state index is 12.9. The Labute approximate surface area is 102 Å². The molecule has 0 spiro atoms. The monoisotopic (exact) mass is 288 g/mol. The molecular formula is C10H6F6O3. The number of hydrogen-bond acceptors (Lipinski definition) is 3. The van der Waals surface area contributed by atoms with E-state index in [1.807, 2.05) is 0 Å². The summed E-state index contributed by atoms with van der Waals surface area (Å²) >= 11 is 0. The van der Waals surface area contributed by atoms with Gasteiger partial charge in [0, 0.05) is 5.56 Å². The van der Waals surface area contributed by atoms with Crippen LogP contribution in [0.25, 0.3) is 0 Å². The minimum absolute atomic E-state index is 0.124. The maximum atomic E-state index is 12.9. The van der Waals surface area contributed by atoms with E-state index >= 15 is 0 Å². The third kappa shape index (κ3) is 4.78. The van der Waals surface area contributed by atoms with Crippen molar-refractivity contribution in [3.8, 4) is 5.75 Å². The van der Waals surface area contributed by atoms with E-state index in [-0.39, 0.29) is 5.56 Å². The number of carbonyl (C=O) groups is 1. The summed E-state index contributed by atoms with van der Waals surface area (Å²) in [6.07, 6.45) is -14.0. The minimum Gasteiger partial charge on any atom is -0.429 e. The fourth-order valence-electron chi connectivity index (χ4n) is 1.00. The Balaban J connectivity index is 2.74. The van der Waals surface area contributed by atoms with Gasteiger partial charge in [-0.2, -0.15) is 8.78 Å². The second kappa shape index (κ2) is 5.47. The van der Waals surface area contributed by atoms with E-state index < -0.39 is 24.6 Å². The molecule has 0 bridgehead atoms. The summed E-state index contributed by atoms with van der Waals surface area (Å²) in [6, 6.07) is 3.88. The van der Waals surface area contributed by atoms with Gasteiger partial charge in [0.1, 0.15) is 12.0 Å². The highest BCUT2D eigenvalue weighted by atomic mass is 19.4. The van der Waals surface area contributed by atoms with E-state index in [1.54, 1.807) is 0 Å². The summed E-state index contributed by atoms with van der Waals surface area (Å²) < 4.78 is 79.5. The average molecular weight is 288 g/mol. The smallest absolute Gasteiger partial charge is 0.429 e. The van der Waals surface area contributed by atoms with Crippen molar-refractivity contribution in [2.24, 2.45) is 0 Å². The topological polar surface area (TPSA) is 35.5 Å². The SMILES string of the molecule is O=Cc1ccc(OC(F)(F)C(F)OC(F)(F)F)cc1. The third-order valence-corrected chi connectivity index (χ3v) is 1.77. The zero-order chi connectivity index (χ0) is 14.7. The highest BCUT2D eigenvalue weighted by Gasteiger charge is 2.50. The molecule has 9 heteroatoms. The Morgan fingerprint density at radius 3 is 2.00 bits per heavy atom. The molecule has 1 aromatic rings. The molecule has 0 aliphatic rings. The molecule has 19 heavy (non-hydrogen) atoms. The van der Waals surface area contributed by atoms with Crippen molar-refractivity contribution < 1.29 is 40.6 Å². The van der Waals surface area contributed by atoms with Gasteiger partial charge in [-0.05, 0) is 24.3 Å². The van der Waals surface area contributed by atoms with Crippen molar-refractivity contribution in [1.29, 1.82) is 0 Å². The largest absolute Gasteiger partial charge is 0.525 e. The van der Waals surface area contributed by atoms with Crippen LogP contribution in [0.5, 0.6) is 5.75 Å². The van der Waals surface area contributed by atoms with Crippen LogP contribution >= 0.6 is 0 Å². The number of benzene rings is 1. The average Bonchev–Trinajstić information content (AvgIpc) is 2.27. The molecule has 1 aromatic carbocycles. The predicted octanol–water partition coefficient (Wildman–Crippen LogP) is 3.30. The molecule has 0 N–H and O–H groups in total. The summed E-state index contributed by atoms with van der Waals surface area (Å²) in [5, 5.41) is 0. The third-order valence-electron chi connectivity index (χ3n) is 1.77. The van der Waals surface area contributed by atoms with Crippen molar-refractivity contribution in [3.63, 3.8) is 0 Å². The van der Waals surface area contributed by atoms with Crippen LogP contribution in [-0.2, 0) is 4.74 Å². The van der Waals surface area contributed by atoms with E-state index in [2.05, 4.69) is 9.47 Å². The molecule has 0 heterocycles. The summed E-state index contributed by atoms with van der Waals surface area (Å²) in [7, 11) is 0. The van der Waals surface area contributed by atoms with Crippen LogP contribution in [-0.4, -0.2) is 25.1 Å². The summed E-state index contributed by atoms with van der Waals surface area (Å²) in [5.41, 5.74) is 0.124. The number of ether oxygens (including phenoxy) is 2. The first-order chi connectivity index (χ1) is 8.64. The second-order valence-corrected chi connectivity index (χ2v) is 3.23. The van der Waals surface area contributed by atoms with Crippen molar-refractivity contribution in [3.05, 3.63) is 29.8 Å². The van der Waals surface area contributed by atoms with Crippen molar-refractivity contribution in [1.82, 2.24) is 0 Å². The molecule has 0 amide bonds. The zero-order valence-electron chi connectivity index (χ0n) is 8.96. The normalized spacial score (nSPS) is 14.0. The molecule has 1 atom stereocenters. The number of aldehydes is 1. The van der Waals surface area contributed by atoms with Crippen molar-refractivity contribution in [2.75, 3.05) is 0 Å². The van der Waals surface area contributed by atoms with Gasteiger partial charge in [0.2, 0.25) is 0 Å². The summed E-state index contributed by atoms with van der Waals surface area (Å²) in [4.78, 5) is 10.3. The quantitative estimate of drug-likeness (QED) is 0.616. The maximum Gasteiger partial charge on any atom is 0.525 e. The standard InChI is InChI=1S/C10H6F6O3/c11-8(19-10(14,15)16)9(12,13)18-7-3-1-6(5-17)2-4-7/h1-5,8H. The molecule has 3 nitrogen and oxygen atoms in total. The first kappa shape index (κ1) is 15.3. The Bertz CT molecular complexity index is 428. The van der Waals surface area contributed by atoms with Crippen LogP contribution in [0.15, 0.2) is 24.3 Å². The molecule has 1 unspecified atom stereocenters. The fraction of sp³-hybridized carbons (Fsp3) is 0.300. The van der Waals surface area contributed by atoms with Crippen LogP contribution in [0, 0.1) is 0 Å². The molecular weight excluding hydrogens is 282 g/mol. The Kier molecular flexibility index (Phi) is 4.40. The fourth-order valence-corrected chi connectivity index (χ4v) is 1.00. The zero-order valence-corrected chi connectivity index (χ0v) is 8.96. The van der Waals surface area contributed by atoms with E-state index in [1.165, 1.54) is 0 Å². The molecule has 106 valence electrons. The van der Waals surface area contributed by atoms with Crippen LogP contribution < -0.4 is 4.74 Å². The Morgan fingerprint density at radius 2 is 1.58 bits per heavy atom. The van der Waals surface area contributed by atoms with Crippen LogP contribution in [0.3, 0.4) is 0 Å². The van der Waals surface area contributed by atoms with Gasteiger partial charge in [-0.25, -0.2) is 9.13 Å². The van der Waals surface area contributed by atoms with Gasteiger partial charge >= 0.3 is 18.8 Å². The Hall–Kier alpha value is -1.77. The molecule has 0 saturated carbocycles. The van der Waals surface area contributed by atoms with E-state index in [4.69, 9.17) is 0 Å². The molecule has 0 aliphatic heterocycles. The van der Waals surface area contributed by atoms with E-state index in [0.29, 0.717) is 6.29 Å². The molecule has 0 radical (unpaired) electrons. The molecule has 0 saturated heterocycles. The lowest BCUT2D eigenvalue weighted by Gasteiger charge is -2.22. The number of rotatable bonds is 5. The Morgan fingerprint density at radius 1 is 1.05 bits per heavy atom. The lowest BCUT2D eigenvalue weighted by Crippen LogP contribution is -2.41. The predicted molar refractivity (Wildman–Crippen MR) is 49.4 cm³/mol. The number of hydrogen-bond donors (Lipinski definition) is 0. The number of alkyl halides is 6. The summed E-state index contributed by atoms with van der Waals surface area (Å²) in [6.45, 7) is 0. The minimum atomic E-state index is -5.56. The van der Waals surface area contributed by atoms with Crippen LogP contribution in [0.4, 0.5) is 26.3 Å². The van der Waals surface area contributed by atoms with E-state index in [0.717, 1.165) is 24.3 Å². The lowest BCUT2D eigenvalue weighted by atomic mass is 10.2. The van der Waals surface area contributed by atoms with Gasteiger partial charge in [0.05, 0.1) is 0 Å². The van der Waals surface area contributed by atoms with Gasteiger partial charge in [-0.15, -0.1) is 13.2 Å².